The maximum Gasteiger partial charge on any atom is 0.135 e. The predicted molar refractivity (Wildman–Crippen MR) is 58.8 cm³/mol. The number of rotatable bonds is 2. The number of hydrogen-bond acceptors (Lipinski definition) is 3. The van der Waals surface area contributed by atoms with Gasteiger partial charge in [0, 0.05) is 45.2 Å². The van der Waals surface area contributed by atoms with Gasteiger partial charge in [-0.3, -0.25) is 9.69 Å². The van der Waals surface area contributed by atoms with Gasteiger partial charge in [0.25, 0.3) is 0 Å². The van der Waals surface area contributed by atoms with Crippen LogP contribution >= 0.6 is 0 Å². The van der Waals surface area contributed by atoms with Crippen molar-refractivity contribution >= 4 is 5.78 Å². The van der Waals surface area contributed by atoms with E-state index in [0.717, 1.165) is 45.1 Å². The van der Waals surface area contributed by atoms with Crippen LogP contribution in [0.5, 0.6) is 0 Å². The number of hydrogen-bond donors (Lipinski definition) is 0. The lowest BCUT2D eigenvalue weighted by molar-refractivity contribution is -0.123. The van der Waals surface area contributed by atoms with Gasteiger partial charge in [0.1, 0.15) is 5.78 Å². The number of Topliss-reactive ketones (excluding diaryl/α,β-unsaturated/α-hetero) is 1. The standard InChI is InChI=1S/C12H21NO2/c1-10-8-12(14)2-5-13(10)9-11-3-6-15-7-4-11/h10-11H,2-9H2,1H3. The van der Waals surface area contributed by atoms with E-state index in [2.05, 4.69) is 11.8 Å². The third kappa shape index (κ3) is 3.02. The van der Waals surface area contributed by atoms with Crippen molar-refractivity contribution in [3.8, 4) is 0 Å². The minimum absolute atomic E-state index is 0.436. The second kappa shape index (κ2) is 5.08. The minimum atomic E-state index is 0.436. The molecular formula is C12H21NO2. The van der Waals surface area contributed by atoms with Gasteiger partial charge < -0.3 is 4.74 Å². The normalized spacial score (nSPS) is 30.7. The molecule has 2 aliphatic rings. The lowest BCUT2D eigenvalue weighted by atomic mass is 9.96. The van der Waals surface area contributed by atoms with Crippen molar-refractivity contribution in [1.29, 1.82) is 0 Å². The summed E-state index contributed by atoms with van der Waals surface area (Å²) in [6.45, 7) is 6.16. The zero-order valence-electron chi connectivity index (χ0n) is 9.58. The second-order valence-corrected chi connectivity index (χ2v) is 4.89. The summed E-state index contributed by atoms with van der Waals surface area (Å²) in [5, 5.41) is 0. The molecule has 0 aromatic heterocycles. The molecule has 3 nitrogen and oxygen atoms in total. The number of carbonyl (C=O) groups excluding carboxylic acids is 1. The molecule has 0 aliphatic carbocycles. The van der Waals surface area contributed by atoms with Gasteiger partial charge in [-0.2, -0.15) is 0 Å². The third-order valence-electron chi connectivity index (χ3n) is 3.66. The van der Waals surface area contributed by atoms with Gasteiger partial charge in [0.05, 0.1) is 0 Å². The van der Waals surface area contributed by atoms with Crippen LogP contribution in [-0.2, 0) is 9.53 Å². The highest BCUT2D eigenvalue weighted by molar-refractivity contribution is 5.79. The number of carbonyl (C=O) groups is 1. The van der Waals surface area contributed by atoms with E-state index in [-0.39, 0.29) is 0 Å². The zero-order valence-corrected chi connectivity index (χ0v) is 9.58. The average Bonchev–Trinajstić information content (AvgIpc) is 2.24. The number of ketones is 1. The number of likely N-dealkylation sites (tertiary alicyclic amines) is 1. The molecule has 15 heavy (non-hydrogen) atoms. The summed E-state index contributed by atoms with van der Waals surface area (Å²) in [6.07, 6.45) is 3.89. The third-order valence-corrected chi connectivity index (χ3v) is 3.66. The lowest BCUT2D eigenvalue weighted by Gasteiger charge is -2.36. The van der Waals surface area contributed by atoms with Gasteiger partial charge in [-0.15, -0.1) is 0 Å². The summed E-state index contributed by atoms with van der Waals surface area (Å²) in [6, 6.07) is 0.453. The zero-order chi connectivity index (χ0) is 10.7. The van der Waals surface area contributed by atoms with Gasteiger partial charge in [0.15, 0.2) is 0 Å². The molecular weight excluding hydrogens is 190 g/mol. The van der Waals surface area contributed by atoms with E-state index in [9.17, 15) is 4.79 Å². The van der Waals surface area contributed by atoms with E-state index >= 15 is 0 Å². The summed E-state index contributed by atoms with van der Waals surface area (Å²) in [4.78, 5) is 13.7. The first kappa shape index (κ1) is 11.1. The van der Waals surface area contributed by atoms with Crippen molar-refractivity contribution in [2.75, 3.05) is 26.3 Å². The maximum absolute atomic E-state index is 11.3. The van der Waals surface area contributed by atoms with Crippen LogP contribution in [-0.4, -0.2) is 43.0 Å². The molecule has 2 aliphatic heterocycles. The van der Waals surface area contributed by atoms with Crippen LogP contribution < -0.4 is 0 Å². The Labute approximate surface area is 91.8 Å². The Morgan fingerprint density at radius 2 is 2.13 bits per heavy atom. The molecule has 2 rings (SSSR count). The van der Waals surface area contributed by atoms with Crippen LogP contribution in [0.3, 0.4) is 0 Å². The molecule has 1 atom stereocenters. The van der Waals surface area contributed by atoms with E-state index in [1.54, 1.807) is 0 Å². The highest BCUT2D eigenvalue weighted by Crippen LogP contribution is 2.20. The van der Waals surface area contributed by atoms with Crippen molar-refractivity contribution in [3.63, 3.8) is 0 Å². The summed E-state index contributed by atoms with van der Waals surface area (Å²) in [7, 11) is 0. The van der Waals surface area contributed by atoms with Crippen LogP contribution in [0.25, 0.3) is 0 Å². The van der Waals surface area contributed by atoms with Crippen molar-refractivity contribution in [1.82, 2.24) is 4.90 Å². The van der Waals surface area contributed by atoms with Crippen molar-refractivity contribution in [2.45, 2.75) is 38.6 Å². The first-order valence-electron chi connectivity index (χ1n) is 6.09. The lowest BCUT2D eigenvalue weighted by Crippen LogP contribution is -2.44. The second-order valence-electron chi connectivity index (χ2n) is 4.89. The Balaban J connectivity index is 1.80. The highest BCUT2D eigenvalue weighted by Gasteiger charge is 2.26. The Hall–Kier alpha value is -0.410. The fourth-order valence-corrected chi connectivity index (χ4v) is 2.58. The minimum Gasteiger partial charge on any atom is -0.381 e. The molecule has 2 saturated heterocycles. The highest BCUT2D eigenvalue weighted by atomic mass is 16.5. The largest absolute Gasteiger partial charge is 0.381 e. The molecule has 1 unspecified atom stereocenters. The molecule has 3 heteroatoms. The van der Waals surface area contributed by atoms with E-state index < -0.39 is 0 Å². The van der Waals surface area contributed by atoms with E-state index in [1.165, 1.54) is 12.8 Å². The number of piperidine rings is 1. The molecule has 0 amide bonds. The summed E-state index contributed by atoms with van der Waals surface area (Å²) in [5.41, 5.74) is 0. The van der Waals surface area contributed by atoms with E-state index in [1.807, 2.05) is 0 Å². The summed E-state index contributed by atoms with van der Waals surface area (Å²) < 4.78 is 5.36. The Kier molecular flexibility index (Phi) is 3.76. The molecule has 0 aromatic rings. The molecule has 0 spiro atoms. The Morgan fingerprint density at radius 3 is 2.80 bits per heavy atom. The SMILES string of the molecule is CC1CC(=O)CCN1CC1CCOCC1. The number of ether oxygens (including phenoxy) is 1. The average molecular weight is 211 g/mol. The van der Waals surface area contributed by atoms with Crippen LogP contribution in [0.15, 0.2) is 0 Å². The van der Waals surface area contributed by atoms with Crippen LogP contribution in [0.1, 0.15) is 32.6 Å². The number of nitrogens with zero attached hydrogens (tertiary/aromatic N) is 1. The smallest absolute Gasteiger partial charge is 0.135 e. The summed E-state index contributed by atoms with van der Waals surface area (Å²) >= 11 is 0. The molecule has 0 radical (unpaired) electrons. The van der Waals surface area contributed by atoms with Crippen LogP contribution in [0, 0.1) is 5.92 Å². The van der Waals surface area contributed by atoms with Gasteiger partial charge >= 0.3 is 0 Å². The molecule has 0 bridgehead atoms. The van der Waals surface area contributed by atoms with Crippen molar-refractivity contribution in [2.24, 2.45) is 5.92 Å². The molecule has 0 N–H and O–H groups in total. The van der Waals surface area contributed by atoms with E-state index in [0.29, 0.717) is 11.8 Å². The fraction of sp³-hybridized carbons (Fsp3) is 0.917. The van der Waals surface area contributed by atoms with Gasteiger partial charge in [-0.05, 0) is 25.7 Å². The molecule has 86 valence electrons. The van der Waals surface area contributed by atoms with Crippen molar-refractivity contribution in [3.05, 3.63) is 0 Å². The maximum atomic E-state index is 11.3. The predicted octanol–water partition coefficient (Wildman–Crippen LogP) is 1.47. The first-order chi connectivity index (χ1) is 7.25. The fourth-order valence-electron chi connectivity index (χ4n) is 2.58. The molecule has 2 fully saturated rings. The summed E-state index contributed by atoms with van der Waals surface area (Å²) in [5.74, 6) is 1.22. The van der Waals surface area contributed by atoms with Crippen LogP contribution in [0.4, 0.5) is 0 Å². The monoisotopic (exact) mass is 211 g/mol. The Bertz CT molecular complexity index is 224. The van der Waals surface area contributed by atoms with Gasteiger partial charge in [-0.1, -0.05) is 0 Å². The van der Waals surface area contributed by atoms with E-state index in [4.69, 9.17) is 4.74 Å². The Morgan fingerprint density at radius 1 is 1.40 bits per heavy atom. The quantitative estimate of drug-likeness (QED) is 0.692. The molecule has 0 saturated carbocycles. The molecule has 0 aromatic carbocycles. The topological polar surface area (TPSA) is 29.5 Å². The van der Waals surface area contributed by atoms with Crippen molar-refractivity contribution < 1.29 is 9.53 Å². The first-order valence-corrected chi connectivity index (χ1v) is 6.09. The van der Waals surface area contributed by atoms with Crippen LogP contribution in [0.2, 0.25) is 0 Å². The molecule has 2 heterocycles. The van der Waals surface area contributed by atoms with Gasteiger partial charge in [0.2, 0.25) is 0 Å². The van der Waals surface area contributed by atoms with Gasteiger partial charge in [-0.25, -0.2) is 0 Å².